The molecule has 0 atom stereocenters. The summed E-state index contributed by atoms with van der Waals surface area (Å²) in [6.45, 7) is 4.80. The highest BCUT2D eigenvalue weighted by molar-refractivity contribution is 5.37. The van der Waals surface area contributed by atoms with Gasteiger partial charge in [-0.1, -0.05) is 29.8 Å². The van der Waals surface area contributed by atoms with Crippen molar-refractivity contribution in [1.82, 2.24) is 4.98 Å². The lowest BCUT2D eigenvalue weighted by molar-refractivity contribution is 0.585. The summed E-state index contributed by atoms with van der Waals surface area (Å²) in [5.41, 5.74) is 3.67. The Kier molecular flexibility index (Phi) is 3.38. The quantitative estimate of drug-likeness (QED) is 0.817. The summed E-state index contributed by atoms with van der Waals surface area (Å²) in [5, 5.41) is 3.11. The number of nitrogens with one attached hydrogen (secondary N) is 1. The smallest absolute Gasteiger partial charge is 0.214 e. The van der Waals surface area contributed by atoms with Crippen molar-refractivity contribution in [2.24, 2.45) is 0 Å². The molecule has 3 heteroatoms. The molecule has 1 aromatic carbocycles. The minimum absolute atomic E-state index is 0.462. The molecule has 1 heterocycles. The van der Waals surface area contributed by atoms with Crippen LogP contribution in [0.25, 0.3) is 0 Å². The Morgan fingerprint density at radius 3 is 2.71 bits per heavy atom. The number of aromatic nitrogens is 1. The van der Waals surface area contributed by atoms with E-state index in [0.29, 0.717) is 12.4 Å². The SMILES string of the molecule is Cc1ccc(CNc2cccc(F)n2)c(C)c1. The largest absolute Gasteiger partial charge is 0.366 e. The van der Waals surface area contributed by atoms with E-state index in [1.54, 1.807) is 12.1 Å². The summed E-state index contributed by atoms with van der Waals surface area (Å²) in [5.74, 6) is 0.0978. The molecule has 2 nitrogen and oxygen atoms in total. The highest BCUT2D eigenvalue weighted by Gasteiger charge is 2.00. The average Bonchev–Trinajstić information content (AvgIpc) is 2.28. The zero-order valence-electron chi connectivity index (χ0n) is 10.00. The van der Waals surface area contributed by atoms with Gasteiger partial charge in [0.1, 0.15) is 5.82 Å². The van der Waals surface area contributed by atoms with Crippen molar-refractivity contribution in [3.63, 3.8) is 0 Å². The summed E-state index contributed by atoms with van der Waals surface area (Å²) >= 11 is 0. The van der Waals surface area contributed by atoms with E-state index in [9.17, 15) is 4.39 Å². The van der Waals surface area contributed by atoms with Crippen molar-refractivity contribution in [2.45, 2.75) is 20.4 Å². The number of anilines is 1. The van der Waals surface area contributed by atoms with Crippen molar-refractivity contribution in [3.8, 4) is 0 Å². The van der Waals surface area contributed by atoms with Crippen molar-refractivity contribution < 1.29 is 4.39 Å². The molecule has 0 bridgehead atoms. The van der Waals surface area contributed by atoms with Gasteiger partial charge in [0, 0.05) is 6.54 Å². The summed E-state index contributed by atoms with van der Waals surface area (Å²) in [6.07, 6.45) is 0. The van der Waals surface area contributed by atoms with E-state index >= 15 is 0 Å². The Labute approximate surface area is 101 Å². The van der Waals surface area contributed by atoms with Crippen molar-refractivity contribution in [1.29, 1.82) is 0 Å². The number of benzene rings is 1. The summed E-state index contributed by atoms with van der Waals surface area (Å²) in [6, 6.07) is 11.0. The van der Waals surface area contributed by atoms with Crippen LogP contribution in [-0.2, 0) is 6.54 Å². The molecule has 0 radical (unpaired) electrons. The topological polar surface area (TPSA) is 24.9 Å². The fourth-order valence-corrected chi connectivity index (χ4v) is 1.74. The van der Waals surface area contributed by atoms with E-state index < -0.39 is 5.95 Å². The minimum atomic E-state index is -0.462. The molecule has 1 N–H and O–H groups in total. The lowest BCUT2D eigenvalue weighted by atomic mass is 10.1. The van der Waals surface area contributed by atoms with Gasteiger partial charge in [0.25, 0.3) is 0 Å². The third-order valence-electron chi connectivity index (χ3n) is 2.67. The molecule has 2 rings (SSSR count). The van der Waals surface area contributed by atoms with Crippen LogP contribution in [0.15, 0.2) is 36.4 Å². The Bertz CT molecular complexity index is 523. The Hall–Kier alpha value is -1.90. The van der Waals surface area contributed by atoms with Gasteiger partial charge in [0.2, 0.25) is 5.95 Å². The van der Waals surface area contributed by atoms with Gasteiger partial charge in [-0.3, -0.25) is 0 Å². The number of rotatable bonds is 3. The van der Waals surface area contributed by atoms with Crippen LogP contribution in [0.1, 0.15) is 16.7 Å². The van der Waals surface area contributed by atoms with Crippen LogP contribution in [0, 0.1) is 19.8 Å². The van der Waals surface area contributed by atoms with Gasteiger partial charge in [-0.25, -0.2) is 4.98 Å². The first-order chi connectivity index (χ1) is 8.15. The highest BCUT2D eigenvalue weighted by Crippen LogP contribution is 2.12. The van der Waals surface area contributed by atoms with Gasteiger partial charge < -0.3 is 5.32 Å². The molecule has 0 unspecified atom stereocenters. The molecule has 2 aromatic rings. The second-order valence-electron chi connectivity index (χ2n) is 4.13. The van der Waals surface area contributed by atoms with E-state index in [4.69, 9.17) is 0 Å². The maximum atomic E-state index is 12.9. The number of halogens is 1. The lowest BCUT2D eigenvalue weighted by Gasteiger charge is -2.09. The molecule has 0 saturated carbocycles. The van der Waals surface area contributed by atoms with Crippen molar-refractivity contribution in [2.75, 3.05) is 5.32 Å². The number of aryl methyl sites for hydroxylation is 2. The minimum Gasteiger partial charge on any atom is -0.366 e. The van der Waals surface area contributed by atoms with Crippen LogP contribution in [0.2, 0.25) is 0 Å². The number of nitrogens with zero attached hydrogens (tertiary/aromatic N) is 1. The van der Waals surface area contributed by atoms with Gasteiger partial charge in [0.15, 0.2) is 0 Å². The molecule has 0 aliphatic carbocycles. The van der Waals surface area contributed by atoms with Gasteiger partial charge in [0.05, 0.1) is 0 Å². The van der Waals surface area contributed by atoms with E-state index in [1.807, 2.05) is 0 Å². The van der Waals surface area contributed by atoms with Crippen LogP contribution in [0.4, 0.5) is 10.2 Å². The van der Waals surface area contributed by atoms with Crippen molar-refractivity contribution >= 4 is 5.82 Å². The molecule has 0 aliphatic heterocycles. The summed E-state index contributed by atoms with van der Waals surface area (Å²) in [4.78, 5) is 3.76. The Morgan fingerprint density at radius 1 is 1.18 bits per heavy atom. The monoisotopic (exact) mass is 230 g/mol. The average molecular weight is 230 g/mol. The zero-order chi connectivity index (χ0) is 12.3. The second kappa shape index (κ2) is 4.95. The third-order valence-corrected chi connectivity index (χ3v) is 2.67. The standard InChI is InChI=1S/C14H15FN2/c1-10-6-7-12(11(2)8-10)9-16-14-5-3-4-13(15)17-14/h3-8H,9H2,1-2H3,(H,16,17). The lowest BCUT2D eigenvalue weighted by Crippen LogP contribution is -2.03. The van der Waals surface area contributed by atoms with E-state index in [1.165, 1.54) is 22.8 Å². The molecule has 0 aliphatic rings. The molecule has 0 amide bonds. The molecule has 0 fully saturated rings. The highest BCUT2D eigenvalue weighted by atomic mass is 19.1. The maximum Gasteiger partial charge on any atom is 0.214 e. The second-order valence-corrected chi connectivity index (χ2v) is 4.13. The van der Waals surface area contributed by atoms with Gasteiger partial charge in [-0.15, -0.1) is 0 Å². The number of hydrogen-bond donors (Lipinski definition) is 1. The first kappa shape index (κ1) is 11.6. The molecule has 1 aromatic heterocycles. The van der Waals surface area contributed by atoms with Crippen LogP contribution >= 0.6 is 0 Å². The van der Waals surface area contributed by atoms with E-state index in [-0.39, 0.29) is 0 Å². The first-order valence-corrected chi connectivity index (χ1v) is 5.58. The zero-order valence-corrected chi connectivity index (χ0v) is 10.00. The summed E-state index contributed by atoms with van der Waals surface area (Å²) in [7, 11) is 0. The Morgan fingerprint density at radius 2 is 2.00 bits per heavy atom. The Balaban J connectivity index is 2.07. The van der Waals surface area contributed by atoms with Crippen molar-refractivity contribution in [3.05, 3.63) is 59.0 Å². The van der Waals surface area contributed by atoms with E-state index in [0.717, 1.165) is 0 Å². The molecule has 17 heavy (non-hydrogen) atoms. The molecule has 0 spiro atoms. The van der Waals surface area contributed by atoms with Gasteiger partial charge in [-0.05, 0) is 37.1 Å². The molecular weight excluding hydrogens is 215 g/mol. The van der Waals surface area contributed by atoms with E-state index in [2.05, 4.69) is 42.3 Å². The van der Waals surface area contributed by atoms with Crippen LogP contribution in [0.5, 0.6) is 0 Å². The fraction of sp³-hybridized carbons (Fsp3) is 0.214. The summed E-state index contributed by atoms with van der Waals surface area (Å²) < 4.78 is 12.9. The molecule has 0 saturated heterocycles. The fourth-order valence-electron chi connectivity index (χ4n) is 1.74. The predicted octanol–water partition coefficient (Wildman–Crippen LogP) is 3.45. The van der Waals surface area contributed by atoms with Gasteiger partial charge >= 0.3 is 0 Å². The van der Waals surface area contributed by atoms with Gasteiger partial charge in [-0.2, -0.15) is 4.39 Å². The number of hydrogen-bond acceptors (Lipinski definition) is 2. The number of pyridine rings is 1. The third kappa shape index (κ3) is 3.03. The van der Waals surface area contributed by atoms with Crippen LogP contribution in [-0.4, -0.2) is 4.98 Å². The molecule has 88 valence electrons. The first-order valence-electron chi connectivity index (χ1n) is 5.58. The molecular formula is C14H15FN2. The van der Waals surface area contributed by atoms with Crippen LogP contribution in [0.3, 0.4) is 0 Å². The maximum absolute atomic E-state index is 12.9. The predicted molar refractivity (Wildman–Crippen MR) is 67.4 cm³/mol. The van der Waals surface area contributed by atoms with Crippen LogP contribution < -0.4 is 5.32 Å². The normalized spacial score (nSPS) is 10.3.